The third-order valence-corrected chi connectivity index (χ3v) is 5.03. The van der Waals surface area contributed by atoms with Crippen molar-refractivity contribution in [2.45, 2.75) is 37.7 Å². The lowest BCUT2D eigenvalue weighted by Crippen LogP contribution is -2.55. The molecule has 0 radical (unpaired) electrons. The second kappa shape index (κ2) is 7.96. The van der Waals surface area contributed by atoms with Crippen LogP contribution < -0.4 is 4.90 Å². The first-order valence-corrected chi connectivity index (χ1v) is 9.23. The fourth-order valence-electron chi connectivity index (χ4n) is 3.73. The SMILES string of the molecule is CN(C[C@@]1(O)CCCN(c2nccn3cccc23)C1)C(=O)CCCC(=O)O. The van der Waals surface area contributed by atoms with Crippen LogP contribution in [0.1, 0.15) is 32.1 Å². The number of aromatic nitrogens is 2. The number of piperidine rings is 1. The fourth-order valence-corrected chi connectivity index (χ4v) is 3.73. The van der Waals surface area contributed by atoms with Gasteiger partial charge in [-0.1, -0.05) is 0 Å². The highest BCUT2D eigenvalue weighted by Crippen LogP contribution is 2.28. The predicted octanol–water partition coefficient (Wildman–Crippen LogP) is 1.38. The second-order valence-corrected chi connectivity index (χ2v) is 7.30. The van der Waals surface area contributed by atoms with E-state index in [0.29, 0.717) is 19.4 Å². The third kappa shape index (κ3) is 4.57. The van der Waals surface area contributed by atoms with Gasteiger partial charge in [0.1, 0.15) is 0 Å². The molecule has 27 heavy (non-hydrogen) atoms. The Labute approximate surface area is 158 Å². The van der Waals surface area contributed by atoms with Gasteiger partial charge in [-0.3, -0.25) is 9.59 Å². The molecule has 0 unspecified atom stereocenters. The standard InChI is InChI=1S/C19H26N4O4/c1-21(16(24)6-2-7-17(25)26)13-19(27)8-4-11-23(14-19)18-15-5-3-10-22(15)12-9-20-18/h3,5,9-10,12,27H,2,4,6-8,11,13-14H2,1H3,(H,25,26)/t19-/m0/s1. The molecular weight excluding hydrogens is 348 g/mol. The number of carbonyl (C=O) groups excluding carboxylic acids is 1. The van der Waals surface area contributed by atoms with Gasteiger partial charge in [-0.2, -0.15) is 0 Å². The van der Waals surface area contributed by atoms with Crippen LogP contribution in [0.5, 0.6) is 0 Å². The van der Waals surface area contributed by atoms with Gasteiger partial charge in [0.25, 0.3) is 0 Å². The molecule has 0 saturated carbocycles. The van der Waals surface area contributed by atoms with Crippen molar-refractivity contribution in [3.8, 4) is 0 Å². The maximum atomic E-state index is 12.2. The Bertz CT molecular complexity index is 821. The Balaban J connectivity index is 1.64. The highest BCUT2D eigenvalue weighted by molar-refractivity contribution is 5.77. The summed E-state index contributed by atoms with van der Waals surface area (Å²) in [6.45, 7) is 1.42. The molecule has 2 N–H and O–H groups in total. The van der Waals surface area contributed by atoms with Gasteiger partial charge in [0, 0.05) is 51.6 Å². The molecule has 3 rings (SSSR count). The molecule has 1 aliphatic heterocycles. The number of carboxylic acids is 1. The number of likely N-dealkylation sites (N-methyl/N-ethyl adjacent to an activating group) is 1. The Kier molecular flexibility index (Phi) is 5.65. The van der Waals surface area contributed by atoms with Gasteiger partial charge in [-0.25, -0.2) is 4.98 Å². The monoisotopic (exact) mass is 374 g/mol. The molecule has 0 spiro atoms. The van der Waals surface area contributed by atoms with E-state index in [4.69, 9.17) is 5.11 Å². The zero-order chi connectivity index (χ0) is 19.4. The lowest BCUT2D eigenvalue weighted by molar-refractivity contribution is -0.137. The predicted molar refractivity (Wildman–Crippen MR) is 101 cm³/mol. The number of anilines is 1. The van der Waals surface area contributed by atoms with Crippen LogP contribution in [0.2, 0.25) is 0 Å². The quantitative estimate of drug-likeness (QED) is 0.760. The minimum atomic E-state index is -1.02. The average molecular weight is 374 g/mol. The van der Waals surface area contributed by atoms with Gasteiger partial charge in [0.15, 0.2) is 5.82 Å². The molecule has 1 saturated heterocycles. The molecule has 3 heterocycles. The van der Waals surface area contributed by atoms with E-state index in [2.05, 4.69) is 9.88 Å². The summed E-state index contributed by atoms with van der Waals surface area (Å²) in [6, 6.07) is 3.95. The Morgan fingerprint density at radius 3 is 2.93 bits per heavy atom. The molecule has 0 aliphatic carbocycles. The zero-order valence-corrected chi connectivity index (χ0v) is 15.5. The lowest BCUT2D eigenvalue weighted by atomic mass is 9.92. The Morgan fingerprint density at radius 1 is 1.33 bits per heavy atom. The number of nitrogens with zero attached hydrogens (tertiary/aromatic N) is 4. The normalized spacial score (nSPS) is 20.0. The summed E-state index contributed by atoms with van der Waals surface area (Å²) in [6.07, 6.45) is 7.47. The average Bonchev–Trinajstić information content (AvgIpc) is 3.09. The number of fused-ring (bicyclic) bond motifs is 1. The summed E-state index contributed by atoms with van der Waals surface area (Å²) >= 11 is 0. The number of rotatable bonds is 7. The van der Waals surface area contributed by atoms with Crippen LogP contribution in [0.25, 0.3) is 5.52 Å². The number of β-amino-alcohol motifs (C(OH)–C–C–N with tert-alkyl or cyclic N) is 1. The molecule has 0 aromatic carbocycles. The summed E-state index contributed by atoms with van der Waals surface area (Å²) in [5.74, 6) is -0.219. The third-order valence-electron chi connectivity index (χ3n) is 5.03. The van der Waals surface area contributed by atoms with Crippen molar-refractivity contribution < 1.29 is 19.8 Å². The number of carboxylic acid groups (broad SMARTS) is 1. The van der Waals surface area contributed by atoms with E-state index in [1.54, 1.807) is 13.2 Å². The molecule has 0 bridgehead atoms. The van der Waals surface area contributed by atoms with Crippen molar-refractivity contribution in [2.24, 2.45) is 0 Å². The molecular formula is C19H26N4O4. The highest BCUT2D eigenvalue weighted by Gasteiger charge is 2.36. The van der Waals surface area contributed by atoms with Crippen molar-refractivity contribution in [3.05, 3.63) is 30.7 Å². The molecule has 1 atom stereocenters. The minimum absolute atomic E-state index is 0.0232. The molecule has 8 nitrogen and oxygen atoms in total. The van der Waals surface area contributed by atoms with Gasteiger partial charge >= 0.3 is 5.97 Å². The van der Waals surface area contributed by atoms with Crippen molar-refractivity contribution in [1.29, 1.82) is 0 Å². The van der Waals surface area contributed by atoms with E-state index in [1.165, 1.54) is 4.90 Å². The summed E-state index contributed by atoms with van der Waals surface area (Å²) < 4.78 is 1.99. The number of carbonyl (C=O) groups is 2. The smallest absolute Gasteiger partial charge is 0.303 e. The van der Waals surface area contributed by atoms with Gasteiger partial charge in [-0.05, 0) is 31.4 Å². The van der Waals surface area contributed by atoms with Gasteiger partial charge < -0.3 is 24.4 Å². The molecule has 2 aromatic rings. The van der Waals surface area contributed by atoms with Crippen LogP contribution in [0, 0.1) is 0 Å². The zero-order valence-electron chi connectivity index (χ0n) is 15.5. The van der Waals surface area contributed by atoms with Crippen LogP contribution in [0.15, 0.2) is 30.7 Å². The molecule has 1 aliphatic rings. The maximum Gasteiger partial charge on any atom is 0.303 e. The summed E-state index contributed by atoms with van der Waals surface area (Å²) in [5.41, 5.74) is -0.0313. The van der Waals surface area contributed by atoms with Gasteiger partial charge in [0.05, 0.1) is 17.7 Å². The first-order chi connectivity index (χ1) is 12.9. The summed E-state index contributed by atoms with van der Waals surface area (Å²) in [4.78, 5) is 30.9. The fraction of sp³-hybridized carbons (Fsp3) is 0.526. The number of aliphatic hydroxyl groups is 1. The Hall–Kier alpha value is -2.61. The van der Waals surface area contributed by atoms with Gasteiger partial charge in [0.2, 0.25) is 5.91 Å². The van der Waals surface area contributed by atoms with Crippen LogP contribution in [-0.4, -0.2) is 68.7 Å². The van der Waals surface area contributed by atoms with E-state index in [9.17, 15) is 14.7 Å². The lowest BCUT2D eigenvalue weighted by Gasteiger charge is -2.41. The highest BCUT2D eigenvalue weighted by atomic mass is 16.4. The first kappa shape index (κ1) is 19.2. The van der Waals surface area contributed by atoms with Crippen LogP contribution in [0.3, 0.4) is 0 Å². The van der Waals surface area contributed by atoms with Crippen molar-refractivity contribution in [1.82, 2.24) is 14.3 Å². The van der Waals surface area contributed by atoms with Crippen molar-refractivity contribution in [3.63, 3.8) is 0 Å². The summed E-state index contributed by atoms with van der Waals surface area (Å²) in [5, 5.41) is 19.8. The summed E-state index contributed by atoms with van der Waals surface area (Å²) in [7, 11) is 1.66. The Morgan fingerprint density at radius 2 is 2.15 bits per heavy atom. The van der Waals surface area contributed by atoms with E-state index in [0.717, 1.165) is 24.3 Å². The molecule has 146 valence electrons. The molecule has 8 heteroatoms. The van der Waals surface area contributed by atoms with Gasteiger partial charge in [-0.15, -0.1) is 0 Å². The van der Waals surface area contributed by atoms with E-state index in [1.807, 2.05) is 28.9 Å². The maximum absolute atomic E-state index is 12.2. The van der Waals surface area contributed by atoms with Crippen molar-refractivity contribution >= 4 is 23.2 Å². The van der Waals surface area contributed by atoms with Crippen molar-refractivity contribution in [2.75, 3.05) is 31.6 Å². The minimum Gasteiger partial charge on any atom is -0.481 e. The number of hydrogen-bond donors (Lipinski definition) is 2. The van der Waals surface area contributed by atoms with E-state index >= 15 is 0 Å². The largest absolute Gasteiger partial charge is 0.481 e. The first-order valence-electron chi connectivity index (χ1n) is 9.23. The second-order valence-electron chi connectivity index (χ2n) is 7.30. The molecule has 1 amide bonds. The van der Waals surface area contributed by atoms with E-state index < -0.39 is 11.6 Å². The van der Waals surface area contributed by atoms with Crippen LogP contribution >= 0.6 is 0 Å². The molecule has 1 fully saturated rings. The molecule has 2 aromatic heterocycles. The number of hydrogen-bond acceptors (Lipinski definition) is 5. The number of amides is 1. The van der Waals surface area contributed by atoms with Crippen LogP contribution in [-0.2, 0) is 9.59 Å². The topological polar surface area (TPSA) is 98.4 Å². The number of aliphatic carboxylic acids is 1. The van der Waals surface area contributed by atoms with E-state index in [-0.39, 0.29) is 25.3 Å². The van der Waals surface area contributed by atoms with Crippen LogP contribution in [0.4, 0.5) is 5.82 Å².